The number of benzene rings is 1. The summed E-state index contributed by atoms with van der Waals surface area (Å²) in [6.45, 7) is 1.53. The SMILES string of the molecule is Cc1ccc(N(CC(=O)O)C(=O)c2cscn2)cc1. The molecule has 1 aromatic heterocycles. The minimum atomic E-state index is -1.07. The molecule has 2 aromatic rings. The van der Waals surface area contributed by atoms with E-state index in [-0.39, 0.29) is 12.2 Å². The summed E-state index contributed by atoms with van der Waals surface area (Å²) in [6, 6.07) is 7.11. The Hall–Kier alpha value is -2.21. The van der Waals surface area contributed by atoms with Gasteiger partial charge in [0.1, 0.15) is 12.2 Å². The number of carboxylic acids is 1. The van der Waals surface area contributed by atoms with E-state index in [2.05, 4.69) is 4.98 Å². The molecule has 0 spiro atoms. The van der Waals surface area contributed by atoms with Gasteiger partial charge in [-0.3, -0.25) is 14.5 Å². The van der Waals surface area contributed by atoms with E-state index >= 15 is 0 Å². The van der Waals surface area contributed by atoms with E-state index in [9.17, 15) is 9.59 Å². The minimum Gasteiger partial charge on any atom is -0.480 e. The van der Waals surface area contributed by atoms with E-state index in [1.807, 2.05) is 19.1 Å². The number of aromatic nitrogens is 1. The second-order valence-electron chi connectivity index (χ2n) is 3.99. The van der Waals surface area contributed by atoms with Gasteiger partial charge in [0.05, 0.1) is 5.51 Å². The predicted molar refractivity (Wildman–Crippen MR) is 72.6 cm³/mol. The van der Waals surface area contributed by atoms with Crippen LogP contribution in [0.5, 0.6) is 0 Å². The maximum atomic E-state index is 12.2. The quantitative estimate of drug-likeness (QED) is 0.929. The summed E-state index contributed by atoms with van der Waals surface area (Å²) in [7, 11) is 0. The molecule has 0 saturated carbocycles. The van der Waals surface area contributed by atoms with Gasteiger partial charge in [0.2, 0.25) is 0 Å². The van der Waals surface area contributed by atoms with Gasteiger partial charge in [0, 0.05) is 11.1 Å². The van der Waals surface area contributed by atoms with Crippen molar-refractivity contribution in [3.05, 3.63) is 46.4 Å². The lowest BCUT2D eigenvalue weighted by atomic mass is 10.2. The van der Waals surface area contributed by atoms with Crippen LogP contribution in [0.2, 0.25) is 0 Å². The normalized spacial score (nSPS) is 10.2. The maximum absolute atomic E-state index is 12.2. The van der Waals surface area contributed by atoms with Crippen molar-refractivity contribution in [1.82, 2.24) is 4.98 Å². The molecule has 6 heteroatoms. The molecule has 0 atom stereocenters. The van der Waals surface area contributed by atoms with Crippen molar-refractivity contribution >= 4 is 28.9 Å². The average Bonchev–Trinajstić information content (AvgIpc) is 2.90. The first-order chi connectivity index (χ1) is 9.08. The van der Waals surface area contributed by atoms with Crippen molar-refractivity contribution in [2.45, 2.75) is 6.92 Å². The van der Waals surface area contributed by atoms with Crippen LogP contribution in [0.1, 0.15) is 16.1 Å². The van der Waals surface area contributed by atoms with Crippen molar-refractivity contribution in [2.24, 2.45) is 0 Å². The number of anilines is 1. The standard InChI is InChI=1S/C13H12N2O3S/c1-9-2-4-10(5-3-9)15(6-12(16)17)13(18)11-7-19-8-14-11/h2-5,7-8H,6H2,1H3,(H,16,17). The van der Waals surface area contributed by atoms with Gasteiger partial charge in [-0.25, -0.2) is 4.98 Å². The lowest BCUT2D eigenvalue weighted by Gasteiger charge is -2.20. The molecular weight excluding hydrogens is 264 g/mol. The molecule has 0 radical (unpaired) electrons. The molecule has 98 valence electrons. The smallest absolute Gasteiger partial charge is 0.323 e. The van der Waals surface area contributed by atoms with E-state index in [1.165, 1.54) is 16.2 Å². The molecular formula is C13H12N2O3S. The Kier molecular flexibility index (Phi) is 3.91. The number of nitrogens with zero attached hydrogens (tertiary/aromatic N) is 2. The van der Waals surface area contributed by atoms with Crippen LogP contribution in [0.3, 0.4) is 0 Å². The van der Waals surface area contributed by atoms with E-state index in [1.54, 1.807) is 23.0 Å². The molecule has 0 saturated heterocycles. The second-order valence-corrected chi connectivity index (χ2v) is 4.71. The van der Waals surface area contributed by atoms with Crippen LogP contribution in [-0.4, -0.2) is 28.5 Å². The van der Waals surface area contributed by atoms with Crippen molar-refractivity contribution in [3.63, 3.8) is 0 Å². The molecule has 0 aliphatic carbocycles. The fourth-order valence-electron chi connectivity index (χ4n) is 1.60. The van der Waals surface area contributed by atoms with Crippen LogP contribution in [0.4, 0.5) is 5.69 Å². The first-order valence-corrected chi connectivity index (χ1v) is 6.50. The topological polar surface area (TPSA) is 70.5 Å². The number of hydrogen-bond acceptors (Lipinski definition) is 4. The van der Waals surface area contributed by atoms with Gasteiger partial charge < -0.3 is 5.11 Å². The van der Waals surface area contributed by atoms with E-state index < -0.39 is 11.9 Å². The number of hydrogen-bond donors (Lipinski definition) is 1. The summed E-state index contributed by atoms with van der Waals surface area (Å²) in [4.78, 5) is 28.3. The Morgan fingerprint density at radius 1 is 1.32 bits per heavy atom. The van der Waals surface area contributed by atoms with Crippen molar-refractivity contribution < 1.29 is 14.7 Å². The molecule has 1 N–H and O–H groups in total. The highest BCUT2D eigenvalue weighted by Gasteiger charge is 2.21. The van der Waals surface area contributed by atoms with Gasteiger partial charge in [-0.1, -0.05) is 17.7 Å². The van der Waals surface area contributed by atoms with Gasteiger partial charge in [-0.05, 0) is 19.1 Å². The number of carbonyl (C=O) groups excluding carboxylic acids is 1. The Labute approximate surface area is 114 Å². The third kappa shape index (κ3) is 3.17. The lowest BCUT2D eigenvalue weighted by molar-refractivity contribution is -0.135. The Bertz CT molecular complexity index is 578. The fraction of sp³-hybridized carbons (Fsp3) is 0.154. The second kappa shape index (κ2) is 5.62. The Balaban J connectivity index is 2.33. The number of aryl methyl sites for hydroxylation is 1. The average molecular weight is 276 g/mol. The third-order valence-electron chi connectivity index (χ3n) is 2.54. The van der Waals surface area contributed by atoms with E-state index in [4.69, 9.17) is 5.11 Å². The van der Waals surface area contributed by atoms with Gasteiger partial charge >= 0.3 is 5.97 Å². The summed E-state index contributed by atoms with van der Waals surface area (Å²) >= 11 is 1.30. The highest BCUT2D eigenvalue weighted by molar-refractivity contribution is 7.07. The lowest BCUT2D eigenvalue weighted by Crippen LogP contribution is -2.35. The molecule has 0 aliphatic heterocycles. The van der Waals surface area contributed by atoms with Crippen molar-refractivity contribution in [3.8, 4) is 0 Å². The van der Waals surface area contributed by atoms with Gasteiger partial charge in [0.15, 0.2) is 0 Å². The predicted octanol–water partition coefficient (Wildman–Crippen LogP) is 2.18. The first-order valence-electron chi connectivity index (χ1n) is 5.56. The highest BCUT2D eigenvalue weighted by atomic mass is 32.1. The van der Waals surface area contributed by atoms with Gasteiger partial charge in [0.25, 0.3) is 5.91 Å². The van der Waals surface area contributed by atoms with E-state index in [0.29, 0.717) is 5.69 Å². The molecule has 1 amide bonds. The molecule has 19 heavy (non-hydrogen) atoms. The van der Waals surface area contributed by atoms with Crippen LogP contribution in [0.15, 0.2) is 35.2 Å². The van der Waals surface area contributed by atoms with Gasteiger partial charge in [-0.15, -0.1) is 11.3 Å². The van der Waals surface area contributed by atoms with Crippen LogP contribution >= 0.6 is 11.3 Å². The molecule has 0 bridgehead atoms. The first kappa shape index (κ1) is 13.2. The zero-order valence-corrected chi connectivity index (χ0v) is 11.1. The number of amides is 1. The molecule has 0 unspecified atom stereocenters. The van der Waals surface area contributed by atoms with E-state index in [0.717, 1.165) is 5.56 Å². The van der Waals surface area contributed by atoms with Crippen molar-refractivity contribution in [2.75, 3.05) is 11.4 Å². The molecule has 1 heterocycles. The summed E-state index contributed by atoms with van der Waals surface area (Å²) < 4.78 is 0. The zero-order chi connectivity index (χ0) is 13.8. The molecule has 0 aliphatic rings. The summed E-state index contributed by atoms with van der Waals surface area (Å²) in [5, 5.41) is 10.5. The number of rotatable bonds is 4. The van der Waals surface area contributed by atoms with Crippen LogP contribution in [-0.2, 0) is 4.79 Å². The minimum absolute atomic E-state index is 0.256. The van der Waals surface area contributed by atoms with Gasteiger partial charge in [-0.2, -0.15) is 0 Å². The molecule has 5 nitrogen and oxygen atoms in total. The zero-order valence-electron chi connectivity index (χ0n) is 10.2. The third-order valence-corrected chi connectivity index (χ3v) is 3.12. The van der Waals surface area contributed by atoms with Crippen LogP contribution in [0, 0.1) is 6.92 Å². The molecule has 1 aromatic carbocycles. The maximum Gasteiger partial charge on any atom is 0.323 e. The number of carbonyl (C=O) groups is 2. The largest absolute Gasteiger partial charge is 0.480 e. The number of thiazole rings is 1. The highest BCUT2D eigenvalue weighted by Crippen LogP contribution is 2.18. The Morgan fingerprint density at radius 2 is 2.00 bits per heavy atom. The summed E-state index contributed by atoms with van der Waals surface area (Å²) in [5.41, 5.74) is 3.39. The fourth-order valence-corrected chi connectivity index (χ4v) is 2.12. The number of carboxylic acid groups (broad SMARTS) is 1. The molecule has 2 rings (SSSR count). The van der Waals surface area contributed by atoms with Crippen LogP contribution < -0.4 is 4.90 Å². The number of aliphatic carboxylic acids is 1. The monoisotopic (exact) mass is 276 g/mol. The summed E-state index contributed by atoms with van der Waals surface area (Å²) in [5.74, 6) is -1.48. The van der Waals surface area contributed by atoms with Crippen molar-refractivity contribution in [1.29, 1.82) is 0 Å². The summed E-state index contributed by atoms with van der Waals surface area (Å²) in [6.07, 6.45) is 0. The Morgan fingerprint density at radius 3 is 2.53 bits per heavy atom. The van der Waals surface area contributed by atoms with Crippen LogP contribution in [0.25, 0.3) is 0 Å². The molecule has 0 fully saturated rings.